The summed E-state index contributed by atoms with van der Waals surface area (Å²) in [5, 5.41) is 11.3. The lowest BCUT2D eigenvalue weighted by atomic mass is 9.97. The van der Waals surface area contributed by atoms with Gasteiger partial charge in [-0.15, -0.1) is 0 Å². The van der Waals surface area contributed by atoms with Gasteiger partial charge in [0, 0.05) is 32.9 Å². The third kappa shape index (κ3) is 2.16. The number of rotatable bonds is 3. The molecule has 0 amide bonds. The van der Waals surface area contributed by atoms with Crippen molar-refractivity contribution in [1.29, 1.82) is 0 Å². The summed E-state index contributed by atoms with van der Waals surface area (Å²) in [6.45, 7) is 0. The number of H-pyrrole nitrogens is 1. The van der Waals surface area contributed by atoms with Gasteiger partial charge in [0.1, 0.15) is 0 Å². The number of aromatic carboxylic acids is 1. The first kappa shape index (κ1) is 14.2. The van der Waals surface area contributed by atoms with Gasteiger partial charge >= 0.3 is 5.97 Å². The van der Waals surface area contributed by atoms with E-state index in [1.54, 1.807) is 24.3 Å². The van der Waals surface area contributed by atoms with Crippen LogP contribution in [0.4, 0.5) is 0 Å². The zero-order chi connectivity index (χ0) is 16.7. The van der Waals surface area contributed by atoms with Gasteiger partial charge in [-0.2, -0.15) is 0 Å². The monoisotopic (exact) mass is 315 g/mol. The van der Waals surface area contributed by atoms with Crippen molar-refractivity contribution in [3.63, 3.8) is 0 Å². The molecular formula is C20H13NO3. The molecule has 0 bridgehead atoms. The van der Waals surface area contributed by atoms with E-state index in [4.69, 9.17) is 0 Å². The Morgan fingerprint density at radius 2 is 1.42 bits per heavy atom. The summed E-state index contributed by atoms with van der Waals surface area (Å²) < 4.78 is 0. The SMILES string of the molecule is O=C(O)c1ccccc1C(=O)c1ccc2[nH]c3ccccc3c2c1. The highest BCUT2D eigenvalue weighted by Gasteiger charge is 2.18. The largest absolute Gasteiger partial charge is 0.478 e. The summed E-state index contributed by atoms with van der Waals surface area (Å²) in [4.78, 5) is 27.5. The van der Waals surface area contributed by atoms with Crippen molar-refractivity contribution >= 4 is 33.6 Å². The Kier molecular flexibility index (Phi) is 3.17. The Hall–Kier alpha value is -3.40. The summed E-state index contributed by atoms with van der Waals surface area (Å²) in [7, 11) is 0. The maximum absolute atomic E-state index is 12.8. The second-order valence-corrected chi connectivity index (χ2v) is 5.61. The molecule has 0 saturated heterocycles. The maximum Gasteiger partial charge on any atom is 0.336 e. The molecule has 4 aromatic rings. The molecule has 0 spiro atoms. The molecule has 0 fully saturated rings. The molecule has 4 heteroatoms. The van der Waals surface area contributed by atoms with E-state index in [0.717, 1.165) is 21.8 Å². The smallest absolute Gasteiger partial charge is 0.336 e. The van der Waals surface area contributed by atoms with Crippen LogP contribution < -0.4 is 0 Å². The first-order valence-corrected chi connectivity index (χ1v) is 7.52. The van der Waals surface area contributed by atoms with Crippen molar-refractivity contribution in [2.45, 2.75) is 0 Å². The van der Waals surface area contributed by atoms with Gasteiger partial charge < -0.3 is 10.1 Å². The molecule has 4 nitrogen and oxygen atoms in total. The average molecular weight is 315 g/mol. The third-order valence-electron chi connectivity index (χ3n) is 4.17. The van der Waals surface area contributed by atoms with Crippen LogP contribution in [0.3, 0.4) is 0 Å². The number of carboxylic acid groups (broad SMARTS) is 1. The molecule has 0 aliphatic heterocycles. The highest BCUT2D eigenvalue weighted by molar-refractivity contribution is 6.17. The van der Waals surface area contributed by atoms with Gasteiger partial charge in [-0.05, 0) is 30.3 Å². The predicted octanol–water partition coefficient (Wildman–Crippen LogP) is 4.25. The molecule has 0 saturated carbocycles. The second-order valence-electron chi connectivity index (χ2n) is 5.61. The average Bonchev–Trinajstić information content (AvgIpc) is 2.99. The summed E-state index contributed by atoms with van der Waals surface area (Å²) in [6, 6.07) is 19.5. The van der Waals surface area contributed by atoms with Crippen molar-refractivity contribution in [2.75, 3.05) is 0 Å². The molecule has 4 rings (SSSR count). The van der Waals surface area contributed by atoms with Gasteiger partial charge in [0.25, 0.3) is 0 Å². The van der Waals surface area contributed by atoms with E-state index in [1.165, 1.54) is 6.07 Å². The Balaban J connectivity index is 1.89. The number of aromatic nitrogens is 1. The Morgan fingerprint density at radius 1 is 0.750 bits per heavy atom. The van der Waals surface area contributed by atoms with Crippen LogP contribution in [0.1, 0.15) is 26.3 Å². The number of fused-ring (bicyclic) bond motifs is 3. The van der Waals surface area contributed by atoms with E-state index in [1.807, 2.05) is 36.4 Å². The molecule has 0 aliphatic carbocycles. The van der Waals surface area contributed by atoms with Crippen LogP contribution in [0.25, 0.3) is 21.8 Å². The zero-order valence-corrected chi connectivity index (χ0v) is 12.6. The molecule has 2 N–H and O–H groups in total. The molecule has 0 radical (unpaired) electrons. The van der Waals surface area contributed by atoms with Crippen molar-refractivity contribution < 1.29 is 14.7 Å². The van der Waals surface area contributed by atoms with E-state index < -0.39 is 5.97 Å². The number of ketones is 1. The van der Waals surface area contributed by atoms with Crippen LogP contribution in [-0.4, -0.2) is 21.8 Å². The van der Waals surface area contributed by atoms with Crippen LogP contribution in [0, 0.1) is 0 Å². The van der Waals surface area contributed by atoms with Crippen molar-refractivity contribution in [3.05, 3.63) is 83.4 Å². The molecular weight excluding hydrogens is 302 g/mol. The van der Waals surface area contributed by atoms with Crippen LogP contribution in [0.2, 0.25) is 0 Å². The van der Waals surface area contributed by atoms with Crippen LogP contribution in [0.5, 0.6) is 0 Å². The van der Waals surface area contributed by atoms with Gasteiger partial charge in [-0.3, -0.25) is 4.79 Å². The number of carbonyl (C=O) groups is 2. The standard InChI is InChI=1S/C20H13NO3/c22-19(14-6-1-2-7-15(14)20(23)24)12-9-10-18-16(11-12)13-5-3-4-8-17(13)21-18/h1-11,21H,(H,23,24). The second kappa shape index (κ2) is 5.35. The number of hydrogen-bond donors (Lipinski definition) is 2. The normalized spacial score (nSPS) is 11.0. The molecule has 0 atom stereocenters. The first-order valence-electron chi connectivity index (χ1n) is 7.52. The summed E-state index contributed by atoms with van der Waals surface area (Å²) in [5.41, 5.74) is 2.63. The summed E-state index contributed by atoms with van der Waals surface area (Å²) in [5.74, 6) is -1.40. The van der Waals surface area contributed by atoms with Gasteiger partial charge in [0.2, 0.25) is 0 Å². The fraction of sp³-hybridized carbons (Fsp3) is 0. The maximum atomic E-state index is 12.8. The molecule has 3 aromatic carbocycles. The predicted molar refractivity (Wildman–Crippen MR) is 92.6 cm³/mol. The Morgan fingerprint density at radius 3 is 2.21 bits per heavy atom. The minimum Gasteiger partial charge on any atom is -0.478 e. The van der Waals surface area contributed by atoms with E-state index in [-0.39, 0.29) is 16.9 Å². The summed E-state index contributed by atoms with van der Waals surface area (Å²) in [6.07, 6.45) is 0. The number of hydrogen-bond acceptors (Lipinski definition) is 2. The van der Waals surface area contributed by atoms with Crippen molar-refractivity contribution in [2.24, 2.45) is 0 Å². The van der Waals surface area contributed by atoms with Gasteiger partial charge in [0.15, 0.2) is 5.78 Å². The number of para-hydroxylation sites is 1. The molecule has 0 unspecified atom stereocenters. The molecule has 24 heavy (non-hydrogen) atoms. The summed E-state index contributed by atoms with van der Waals surface area (Å²) >= 11 is 0. The van der Waals surface area contributed by atoms with Gasteiger partial charge in [0.05, 0.1) is 5.56 Å². The lowest BCUT2D eigenvalue weighted by molar-refractivity contribution is 0.0693. The molecule has 0 aliphatic rings. The Labute approximate surface area is 137 Å². The van der Waals surface area contributed by atoms with Gasteiger partial charge in [-0.1, -0.05) is 36.4 Å². The molecule has 1 heterocycles. The Bertz CT molecular complexity index is 1110. The highest BCUT2D eigenvalue weighted by atomic mass is 16.4. The number of carbonyl (C=O) groups excluding carboxylic acids is 1. The van der Waals surface area contributed by atoms with Crippen molar-refractivity contribution in [1.82, 2.24) is 4.98 Å². The van der Waals surface area contributed by atoms with E-state index >= 15 is 0 Å². The third-order valence-corrected chi connectivity index (χ3v) is 4.17. The van der Waals surface area contributed by atoms with E-state index in [2.05, 4.69) is 4.98 Å². The van der Waals surface area contributed by atoms with Crippen LogP contribution >= 0.6 is 0 Å². The highest BCUT2D eigenvalue weighted by Crippen LogP contribution is 2.27. The fourth-order valence-corrected chi connectivity index (χ4v) is 3.01. The van der Waals surface area contributed by atoms with Gasteiger partial charge in [-0.25, -0.2) is 4.79 Å². The lowest BCUT2D eigenvalue weighted by Gasteiger charge is -2.05. The van der Waals surface area contributed by atoms with Crippen LogP contribution in [0.15, 0.2) is 66.7 Å². The lowest BCUT2D eigenvalue weighted by Crippen LogP contribution is -2.09. The quantitative estimate of drug-likeness (QED) is 0.555. The van der Waals surface area contributed by atoms with E-state index in [0.29, 0.717) is 5.56 Å². The van der Waals surface area contributed by atoms with Crippen LogP contribution in [-0.2, 0) is 0 Å². The fourth-order valence-electron chi connectivity index (χ4n) is 3.01. The number of aromatic amines is 1. The number of carboxylic acids is 1. The van der Waals surface area contributed by atoms with Crippen molar-refractivity contribution in [3.8, 4) is 0 Å². The number of nitrogens with one attached hydrogen (secondary N) is 1. The minimum absolute atomic E-state index is 0.0153. The molecule has 116 valence electrons. The first-order chi connectivity index (χ1) is 11.6. The molecule has 1 aromatic heterocycles. The minimum atomic E-state index is -1.10. The van der Waals surface area contributed by atoms with E-state index in [9.17, 15) is 14.7 Å². The zero-order valence-electron chi connectivity index (χ0n) is 12.6. The topological polar surface area (TPSA) is 70.2 Å². The number of benzene rings is 3.